The molecule has 0 bridgehead atoms. The third-order valence-corrected chi connectivity index (χ3v) is 5.26. The molecule has 2 heterocycles. The van der Waals surface area contributed by atoms with Gasteiger partial charge in [-0.25, -0.2) is 9.97 Å². The lowest BCUT2D eigenvalue weighted by molar-refractivity contribution is -0.118. The monoisotopic (exact) mass is 380 g/mol. The Bertz CT molecular complexity index is 991. The fourth-order valence-electron chi connectivity index (χ4n) is 3.42. The van der Waals surface area contributed by atoms with Crippen molar-refractivity contribution >= 4 is 40.2 Å². The molecule has 5 nitrogen and oxygen atoms in total. The molecular formula is C21H21ClN4O. The summed E-state index contributed by atoms with van der Waals surface area (Å²) in [6.07, 6.45) is 1.88. The fraction of sp³-hybridized carbons (Fsp3) is 0.286. The molecule has 2 aromatic carbocycles. The van der Waals surface area contributed by atoms with Gasteiger partial charge in [-0.15, -0.1) is 0 Å². The van der Waals surface area contributed by atoms with Crippen molar-refractivity contribution in [2.75, 3.05) is 29.9 Å². The number of halogens is 1. The first-order valence-electron chi connectivity index (χ1n) is 9.15. The minimum Gasteiger partial charge on any atom is -0.357 e. The van der Waals surface area contributed by atoms with Crippen LogP contribution in [0.4, 0.5) is 11.6 Å². The Morgan fingerprint density at radius 1 is 1.00 bits per heavy atom. The lowest BCUT2D eigenvalue weighted by atomic mass is 10.1. The predicted molar refractivity (Wildman–Crippen MR) is 110 cm³/mol. The van der Waals surface area contributed by atoms with Crippen LogP contribution in [-0.2, 0) is 11.2 Å². The molecule has 1 aliphatic heterocycles. The van der Waals surface area contributed by atoms with Crippen LogP contribution in [0.5, 0.6) is 0 Å². The third kappa shape index (κ3) is 3.60. The Hall–Kier alpha value is -2.66. The van der Waals surface area contributed by atoms with E-state index in [0.29, 0.717) is 30.2 Å². The number of aryl methyl sites for hydroxylation is 1. The smallest absolute Gasteiger partial charge is 0.228 e. The largest absolute Gasteiger partial charge is 0.357 e. The number of fused-ring (bicyclic) bond motifs is 2. The van der Waals surface area contributed by atoms with E-state index in [1.54, 1.807) is 4.90 Å². The number of carbonyl (C=O) groups is 1. The van der Waals surface area contributed by atoms with Crippen LogP contribution in [0.15, 0.2) is 48.5 Å². The van der Waals surface area contributed by atoms with Gasteiger partial charge in [0.05, 0.1) is 11.0 Å². The zero-order chi connectivity index (χ0) is 18.8. The van der Waals surface area contributed by atoms with Crippen LogP contribution in [0.25, 0.3) is 11.0 Å². The standard InChI is InChI=1S/C21H21ClN4O/c1-25-13-6-14-26(19(27)12-11-15-7-2-3-8-16(15)22)21-20(25)23-17-9-4-5-10-18(17)24-21/h2-5,7-10H,6,11-14H2,1H3. The molecule has 0 saturated heterocycles. The first-order chi connectivity index (χ1) is 13.1. The minimum absolute atomic E-state index is 0.0519. The number of nitrogens with zero attached hydrogens (tertiary/aromatic N) is 4. The summed E-state index contributed by atoms with van der Waals surface area (Å²) in [4.78, 5) is 26.5. The summed E-state index contributed by atoms with van der Waals surface area (Å²) in [5.74, 6) is 1.46. The Balaban J connectivity index is 1.64. The normalized spacial score (nSPS) is 14.1. The third-order valence-electron chi connectivity index (χ3n) is 4.89. The lowest BCUT2D eigenvalue weighted by Crippen LogP contribution is -2.32. The molecule has 1 amide bonds. The van der Waals surface area contributed by atoms with Gasteiger partial charge in [-0.3, -0.25) is 9.69 Å². The summed E-state index contributed by atoms with van der Waals surface area (Å²) in [7, 11) is 2.00. The molecule has 0 N–H and O–H groups in total. The van der Waals surface area contributed by atoms with Gasteiger partial charge in [0.25, 0.3) is 0 Å². The maximum atomic E-state index is 13.0. The maximum absolute atomic E-state index is 13.0. The van der Waals surface area contributed by atoms with Crippen LogP contribution < -0.4 is 9.80 Å². The average molecular weight is 381 g/mol. The second-order valence-electron chi connectivity index (χ2n) is 6.77. The highest BCUT2D eigenvalue weighted by molar-refractivity contribution is 6.31. The highest BCUT2D eigenvalue weighted by atomic mass is 35.5. The average Bonchev–Trinajstić information content (AvgIpc) is 2.84. The zero-order valence-electron chi connectivity index (χ0n) is 15.2. The van der Waals surface area contributed by atoms with Gasteiger partial charge >= 0.3 is 0 Å². The Labute approximate surface area is 163 Å². The number of hydrogen-bond donors (Lipinski definition) is 0. The highest BCUT2D eigenvalue weighted by Crippen LogP contribution is 2.30. The lowest BCUT2D eigenvalue weighted by Gasteiger charge is -2.23. The molecule has 138 valence electrons. The van der Waals surface area contributed by atoms with E-state index in [9.17, 15) is 4.79 Å². The van der Waals surface area contributed by atoms with Crippen LogP contribution >= 0.6 is 11.6 Å². The van der Waals surface area contributed by atoms with Gasteiger partial charge in [0.2, 0.25) is 5.91 Å². The van der Waals surface area contributed by atoms with Gasteiger partial charge in [0.15, 0.2) is 11.6 Å². The molecule has 0 unspecified atom stereocenters. The Morgan fingerprint density at radius 3 is 2.41 bits per heavy atom. The van der Waals surface area contributed by atoms with Crippen LogP contribution in [0, 0.1) is 0 Å². The van der Waals surface area contributed by atoms with Crippen molar-refractivity contribution in [3.8, 4) is 0 Å². The summed E-state index contributed by atoms with van der Waals surface area (Å²) >= 11 is 6.23. The molecular weight excluding hydrogens is 360 g/mol. The van der Waals surface area contributed by atoms with Crippen LogP contribution in [0.2, 0.25) is 5.02 Å². The summed E-state index contributed by atoms with van der Waals surface area (Å²) < 4.78 is 0. The summed E-state index contributed by atoms with van der Waals surface area (Å²) in [5.41, 5.74) is 2.63. The van der Waals surface area contributed by atoms with E-state index in [1.165, 1.54) is 0 Å². The molecule has 0 spiro atoms. The minimum atomic E-state index is 0.0519. The van der Waals surface area contributed by atoms with E-state index in [-0.39, 0.29) is 5.91 Å². The number of aromatic nitrogens is 2. The molecule has 6 heteroatoms. The van der Waals surface area contributed by atoms with E-state index in [4.69, 9.17) is 21.6 Å². The second kappa shape index (κ2) is 7.53. The predicted octanol–water partition coefficient (Wildman–Crippen LogP) is 4.09. The van der Waals surface area contributed by atoms with E-state index >= 15 is 0 Å². The molecule has 1 aromatic heterocycles. The summed E-state index contributed by atoms with van der Waals surface area (Å²) in [6, 6.07) is 15.4. The number of benzene rings is 2. The maximum Gasteiger partial charge on any atom is 0.228 e. The number of hydrogen-bond acceptors (Lipinski definition) is 4. The zero-order valence-corrected chi connectivity index (χ0v) is 16.0. The molecule has 0 fully saturated rings. The van der Waals surface area contributed by atoms with E-state index in [2.05, 4.69) is 4.90 Å². The second-order valence-corrected chi connectivity index (χ2v) is 7.18. The van der Waals surface area contributed by atoms with Crippen molar-refractivity contribution in [1.82, 2.24) is 9.97 Å². The van der Waals surface area contributed by atoms with Crippen LogP contribution in [0.3, 0.4) is 0 Å². The topological polar surface area (TPSA) is 49.3 Å². The quantitative estimate of drug-likeness (QED) is 0.686. The van der Waals surface area contributed by atoms with E-state index in [0.717, 1.165) is 35.4 Å². The van der Waals surface area contributed by atoms with Gasteiger partial charge in [-0.2, -0.15) is 0 Å². The first-order valence-corrected chi connectivity index (χ1v) is 9.53. The number of carbonyl (C=O) groups excluding carboxylic acids is 1. The van der Waals surface area contributed by atoms with Crippen molar-refractivity contribution in [3.63, 3.8) is 0 Å². The van der Waals surface area contributed by atoms with Gasteiger partial charge in [0, 0.05) is 31.6 Å². The number of amides is 1. The van der Waals surface area contributed by atoms with Crippen molar-refractivity contribution in [2.24, 2.45) is 0 Å². The molecule has 0 saturated carbocycles. The summed E-state index contributed by atoms with van der Waals surface area (Å²) in [5, 5.41) is 0.701. The van der Waals surface area contributed by atoms with Crippen LogP contribution in [-0.4, -0.2) is 36.0 Å². The first kappa shape index (κ1) is 17.7. The van der Waals surface area contributed by atoms with Gasteiger partial charge < -0.3 is 4.90 Å². The molecule has 0 atom stereocenters. The fourth-order valence-corrected chi connectivity index (χ4v) is 3.65. The molecule has 0 radical (unpaired) electrons. The summed E-state index contributed by atoms with van der Waals surface area (Å²) in [6.45, 7) is 1.49. The number of para-hydroxylation sites is 2. The molecule has 27 heavy (non-hydrogen) atoms. The Morgan fingerprint density at radius 2 is 1.67 bits per heavy atom. The number of rotatable bonds is 3. The molecule has 4 rings (SSSR count). The van der Waals surface area contributed by atoms with Crippen molar-refractivity contribution in [3.05, 3.63) is 59.1 Å². The van der Waals surface area contributed by atoms with Gasteiger partial charge in [-0.05, 0) is 36.6 Å². The van der Waals surface area contributed by atoms with E-state index in [1.807, 2.05) is 55.6 Å². The SMILES string of the molecule is CN1CCCN(C(=O)CCc2ccccc2Cl)c2nc3ccccc3nc21. The highest BCUT2D eigenvalue weighted by Gasteiger charge is 2.26. The molecule has 1 aliphatic rings. The molecule has 3 aromatic rings. The van der Waals surface area contributed by atoms with Crippen LogP contribution in [0.1, 0.15) is 18.4 Å². The van der Waals surface area contributed by atoms with Gasteiger partial charge in [0.1, 0.15) is 0 Å². The van der Waals surface area contributed by atoms with Crippen molar-refractivity contribution in [2.45, 2.75) is 19.3 Å². The van der Waals surface area contributed by atoms with Crippen molar-refractivity contribution < 1.29 is 4.79 Å². The molecule has 0 aliphatic carbocycles. The van der Waals surface area contributed by atoms with E-state index < -0.39 is 0 Å². The number of anilines is 2. The Kier molecular flexibility index (Phi) is 4.94. The van der Waals surface area contributed by atoms with Crippen molar-refractivity contribution in [1.29, 1.82) is 0 Å². The van der Waals surface area contributed by atoms with Gasteiger partial charge in [-0.1, -0.05) is 41.9 Å².